The zero-order valence-corrected chi connectivity index (χ0v) is 9.55. The second-order valence-electron chi connectivity index (χ2n) is 3.60. The number of hydrogen-bond acceptors (Lipinski definition) is 3. The van der Waals surface area contributed by atoms with E-state index in [1.165, 1.54) is 0 Å². The molecule has 0 fully saturated rings. The van der Waals surface area contributed by atoms with E-state index >= 15 is 0 Å². The van der Waals surface area contributed by atoms with Gasteiger partial charge >= 0.3 is 5.97 Å². The molecule has 0 aromatic rings. The number of carboxylic acids is 1. The van der Waals surface area contributed by atoms with Crippen molar-refractivity contribution in [3.63, 3.8) is 0 Å². The summed E-state index contributed by atoms with van der Waals surface area (Å²) in [5.41, 5.74) is -0.287. The quantitative estimate of drug-likeness (QED) is 0.711. The minimum absolute atomic E-state index is 0. The van der Waals surface area contributed by atoms with Gasteiger partial charge in [-0.15, -0.1) is 0 Å². The number of rotatable bonds is 4. The van der Waals surface area contributed by atoms with E-state index in [-0.39, 0.29) is 25.7 Å². The van der Waals surface area contributed by atoms with Crippen molar-refractivity contribution in [2.24, 2.45) is 0 Å². The third kappa shape index (κ3) is 8.08. The Morgan fingerprint density at radius 1 is 1.54 bits per heavy atom. The molecule has 1 atom stereocenters. The van der Waals surface area contributed by atoms with Crippen molar-refractivity contribution in [2.45, 2.75) is 32.4 Å². The van der Waals surface area contributed by atoms with Crippen molar-refractivity contribution in [1.82, 2.24) is 5.32 Å². The molecule has 0 heterocycles. The molecular weight excluding hydrogens is 190 g/mol. The van der Waals surface area contributed by atoms with Crippen LogP contribution in [0.25, 0.3) is 0 Å². The predicted octanol–water partition coefficient (Wildman–Crippen LogP) is 0.587. The topological polar surface area (TPSA) is 58.6 Å². The number of carbonyl (C=O) groups is 1. The first-order valence-electron chi connectivity index (χ1n) is 3.91. The Hall–Kier alpha value is -0.260. The average Bonchev–Trinajstić information content (AvgIpc) is 1.85. The Balaban J connectivity index is 0. The maximum absolute atomic E-state index is 10.5. The molecule has 0 aromatic heterocycles. The molecule has 0 radical (unpaired) electrons. The third-order valence-electron chi connectivity index (χ3n) is 1.33. The Labute approximate surface area is 86.1 Å². The highest BCUT2D eigenvalue weighted by atomic mass is 32.1. The highest BCUT2D eigenvalue weighted by Gasteiger charge is 2.18. The summed E-state index contributed by atoms with van der Waals surface area (Å²) >= 11 is 0. The Morgan fingerprint density at radius 2 is 2.00 bits per heavy atom. The number of nitrogens with one attached hydrogen (secondary N) is 1. The second kappa shape index (κ2) is 6.23. The molecule has 2 N–H and O–H groups in total. The van der Waals surface area contributed by atoms with Crippen LogP contribution in [0.2, 0.25) is 0 Å². The van der Waals surface area contributed by atoms with Crippen LogP contribution in [0.4, 0.5) is 0 Å². The van der Waals surface area contributed by atoms with Crippen LogP contribution < -0.4 is 5.32 Å². The van der Waals surface area contributed by atoms with Crippen LogP contribution in [0, 0.1) is 0 Å². The zero-order valence-electron chi connectivity index (χ0n) is 8.55. The number of likely N-dealkylation sites (N-methyl/N-ethyl adjacent to an activating group) is 1. The van der Waals surface area contributed by atoms with E-state index in [1.807, 2.05) is 20.8 Å². The lowest BCUT2D eigenvalue weighted by Gasteiger charge is -2.22. The van der Waals surface area contributed by atoms with Crippen LogP contribution in [0.3, 0.4) is 0 Å². The maximum atomic E-state index is 10.5. The summed E-state index contributed by atoms with van der Waals surface area (Å²) in [6.45, 7) is 5.86. The molecule has 0 aliphatic carbocycles. The van der Waals surface area contributed by atoms with Gasteiger partial charge in [-0.05, 0) is 27.8 Å². The first kappa shape index (κ1) is 15.2. The summed E-state index contributed by atoms with van der Waals surface area (Å²) in [5.74, 6) is -0.887. The molecule has 0 saturated carbocycles. The molecule has 0 aliphatic heterocycles. The van der Waals surface area contributed by atoms with Gasteiger partial charge in [-0.3, -0.25) is 4.79 Å². The number of ether oxygens (including phenoxy) is 1. The lowest BCUT2D eigenvalue weighted by molar-refractivity contribution is -0.142. The van der Waals surface area contributed by atoms with Gasteiger partial charge in [-0.25, -0.2) is 0 Å². The van der Waals surface area contributed by atoms with Gasteiger partial charge < -0.3 is 15.2 Å². The summed E-state index contributed by atoms with van der Waals surface area (Å²) < 4.78 is 5.30. The van der Waals surface area contributed by atoms with Gasteiger partial charge in [0, 0.05) is 0 Å². The van der Waals surface area contributed by atoms with E-state index in [9.17, 15) is 4.79 Å². The van der Waals surface area contributed by atoms with Crippen molar-refractivity contribution < 1.29 is 14.6 Å². The fourth-order valence-electron chi connectivity index (χ4n) is 0.611. The van der Waals surface area contributed by atoms with Gasteiger partial charge in [0.2, 0.25) is 0 Å². The van der Waals surface area contributed by atoms with E-state index < -0.39 is 12.0 Å². The molecule has 13 heavy (non-hydrogen) atoms. The van der Waals surface area contributed by atoms with Gasteiger partial charge in [-0.2, -0.15) is 13.5 Å². The summed E-state index contributed by atoms with van der Waals surface area (Å²) in [4.78, 5) is 10.5. The SMILES string of the molecule is CN[C@@H](COC(C)(C)C)C(=O)O.S. The minimum atomic E-state index is -0.887. The molecule has 4 nitrogen and oxygen atoms in total. The van der Waals surface area contributed by atoms with Gasteiger partial charge in [0.15, 0.2) is 0 Å². The van der Waals surface area contributed by atoms with Crippen molar-refractivity contribution in [2.75, 3.05) is 13.7 Å². The molecule has 0 saturated heterocycles. The molecular formula is C8H19NO3S. The number of aliphatic carboxylic acids is 1. The minimum Gasteiger partial charge on any atom is -0.480 e. The van der Waals surface area contributed by atoms with Crippen LogP contribution in [0.15, 0.2) is 0 Å². The summed E-state index contributed by atoms with van der Waals surface area (Å²) in [7, 11) is 1.60. The highest BCUT2D eigenvalue weighted by molar-refractivity contribution is 7.59. The van der Waals surface area contributed by atoms with Gasteiger partial charge in [0.25, 0.3) is 0 Å². The Morgan fingerprint density at radius 3 is 2.23 bits per heavy atom. The zero-order chi connectivity index (χ0) is 9.78. The van der Waals surface area contributed by atoms with Crippen LogP contribution >= 0.6 is 13.5 Å². The van der Waals surface area contributed by atoms with Crippen LogP contribution in [-0.2, 0) is 9.53 Å². The van der Waals surface area contributed by atoms with Gasteiger partial charge in [-0.1, -0.05) is 0 Å². The van der Waals surface area contributed by atoms with Crippen LogP contribution in [-0.4, -0.2) is 36.4 Å². The molecule has 0 spiro atoms. The van der Waals surface area contributed by atoms with Crippen LogP contribution in [0.5, 0.6) is 0 Å². The number of carboxylic acid groups (broad SMARTS) is 1. The average molecular weight is 209 g/mol. The van der Waals surface area contributed by atoms with Crippen molar-refractivity contribution in [3.05, 3.63) is 0 Å². The fourth-order valence-corrected chi connectivity index (χ4v) is 0.611. The first-order valence-corrected chi connectivity index (χ1v) is 3.91. The van der Waals surface area contributed by atoms with E-state index in [4.69, 9.17) is 9.84 Å². The van der Waals surface area contributed by atoms with E-state index in [1.54, 1.807) is 7.05 Å². The molecule has 80 valence electrons. The molecule has 0 aromatic carbocycles. The molecule has 0 amide bonds. The normalized spacial score (nSPS) is 13.2. The molecule has 0 aliphatic rings. The summed E-state index contributed by atoms with van der Waals surface area (Å²) in [5, 5.41) is 11.3. The van der Waals surface area contributed by atoms with Gasteiger partial charge in [0.1, 0.15) is 6.04 Å². The van der Waals surface area contributed by atoms with E-state index in [0.717, 1.165) is 0 Å². The van der Waals surface area contributed by atoms with Crippen molar-refractivity contribution in [3.8, 4) is 0 Å². The highest BCUT2D eigenvalue weighted by Crippen LogP contribution is 2.06. The van der Waals surface area contributed by atoms with E-state index in [0.29, 0.717) is 0 Å². The molecule has 0 rings (SSSR count). The summed E-state index contributed by atoms with van der Waals surface area (Å²) in [6, 6.07) is -0.621. The first-order chi connectivity index (χ1) is 5.37. The second-order valence-corrected chi connectivity index (χ2v) is 3.60. The molecule has 0 bridgehead atoms. The lowest BCUT2D eigenvalue weighted by Crippen LogP contribution is -2.40. The summed E-state index contributed by atoms with van der Waals surface area (Å²) in [6.07, 6.45) is 0. The fraction of sp³-hybridized carbons (Fsp3) is 0.875. The smallest absolute Gasteiger partial charge is 0.323 e. The lowest BCUT2D eigenvalue weighted by atomic mass is 10.2. The van der Waals surface area contributed by atoms with Crippen molar-refractivity contribution in [1.29, 1.82) is 0 Å². The third-order valence-corrected chi connectivity index (χ3v) is 1.33. The van der Waals surface area contributed by atoms with E-state index in [2.05, 4.69) is 5.32 Å². The molecule has 0 unspecified atom stereocenters. The van der Waals surface area contributed by atoms with Crippen LogP contribution in [0.1, 0.15) is 20.8 Å². The Kier molecular flexibility index (Phi) is 7.30. The molecule has 5 heteroatoms. The standard InChI is InChI=1S/C8H17NO3.H2S/c1-8(2,3)12-5-6(9-4)7(10)11;/h6,9H,5H2,1-4H3,(H,10,11);1H2/t6-;/m0./s1. The Bertz CT molecular complexity index is 156. The largest absolute Gasteiger partial charge is 0.480 e. The van der Waals surface area contributed by atoms with Gasteiger partial charge in [0.05, 0.1) is 12.2 Å². The van der Waals surface area contributed by atoms with Crippen molar-refractivity contribution >= 4 is 19.5 Å². The number of hydrogen-bond donors (Lipinski definition) is 2. The maximum Gasteiger partial charge on any atom is 0.323 e. The monoisotopic (exact) mass is 209 g/mol. The predicted molar refractivity (Wildman–Crippen MR) is 56.6 cm³/mol.